The highest BCUT2D eigenvalue weighted by Crippen LogP contribution is 2.31. The van der Waals surface area contributed by atoms with Crippen LogP contribution in [0.15, 0.2) is 66.2 Å². The number of methoxy groups -OCH3 is 1. The van der Waals surface area contributed by atoms with Gasteiger partial charge in [-0.15, -0.1) is 0 Å². The average molecular weight is 575 g/mol. The third kappa shape index (κ3) is 6.08. The van der Waals surface area contributed by atoms with Crippen LogP contribution in [0.1, 0.15) is 5.56 Å². The molecular weight excluding hydrogens is 557 g/mol. The van der Waals surface area contributed by atoms with Crippen LogP contribution >= 0.6 is 34.8 Å². The zero-order valence-electron chi connectivity index (χ0n) is 19.6. The summed E-state index contributed by atoms with van der Waals surface area (Å²) in [6.07, 6.45) is 1.22. The predicted octanol–water partition coefficient (Wildman–Crippen LogP) is 5.34. The lowest BCUT2D eigenvalue weighted by Crippen LogP contribution is -2.54. The Balaban J connectivity index is 1.56. The first-order valence-corrected chi connectivity index (χ1v) is 12.0. The second-order valence-electron chi connectivity index (χ2n) is 7.80. The van der Waals surface area contributed by atoms with E-state index in [4.69, 9.17) is 44.3 Å². The van der Waals surface area contributed by atoms with E-state index in [-0.39, 0.29) is 44.2 Å². The van der Waals surface area contributed by atoms with Crippen LogP contribution < -0.4 is 25.0 Å². The molecule has 0 unspecified atom stereocenters. The molecule has 5 amide bonds. The molecule has 0 bridgehead atoms. The van der Waals surface area contributed by atoms with Crippen molar-refractivity contribution in [3.05, 3.63) is 86.9 Å². The topological polar surface area (TPSA) is 114 Å². The van der Waals surface area contributed by atoms with Crippen LogP contribution in [0, 0.1) is 0 Å². The van der Waals surface area contributed by atoms with E-state index in [2.05, 4.69) is 10.6 Å². The van der Waals surface area contributed by atoms with Crippen LogP contribution in [-0.4, -0.2) is 37.5 Å². The van der Waals surface area contributed by atoms with Crippen molar-refractivity contribution in [3.8, 4) is 11.5 Å². The third-order valence-electron chi connectivity index (χ3n) is 5.27. The van der Waals surface area contributed by atoms with E-state index in [0.29, 0.717) is 11.4 Å². The fraction of sp³-hybridized carbons (Fsp3) is 0.0769. The van der Waals surface area contributed by atoms with Gasteiger partial charge in [0.25, 0.3) is 17.7 Å². The van der Waals surface area contributed by atoms with Gasteiger partial charge in [-0.1, -0.05) is 34.8 Å². The molecule has 1 aliphatic heterocycles. The Morgan fingerprint density at radius 2 is 1.71 bits per heavy atom. The summed E-state index contributed by atoms with van der Waals surface area (Å²) in [6.45, 7) is -0.377. The van der Waals surface area contributed by atoms with Gasteiger partial charge in [-0.2, -0.15) is 0 Å². The molecule has 4 rings (SSSR count). The number of carbonyl (C=O) groups is 4. The molecule has 0 radical (unpaired) electrons. The number of ether oxygens (including phenoxy) is 2. The number of barbiturate groups is 1. The summed E-state index contributed by atoms with van der Waals surface area (Å²) in [5.74, 6) is -1.46. The Kier molecular flexibility index (Phi) is 8.21. The predicted molar refractivity (Wildman–Crippen MR) is 144 cm³/mol. The molecular formula is C26H18Cl3N3O6. The quantitative estimate of drug-likeness (QED) is 0.291. The number of nitrogens with zero attached hydrogens (tertiary/aromatic N) is 1. The first-order valence-electron chi connectivity index (χ1n) is 10.9. The molecule has 38 heavy (non-hydrogen) atoms. The molecule has 12 heteroatoms. The highest BCUT2D eigenvalue weighted by molar-refractivity contribution is 6.43. The molecule has 1 heterocycles. The molecule has 0 saturated carbocycles. The second-order valence-corrected chi connectivity index (χ2v) is 9.05. The molecule has 3 aromatic rings. The number of anilines is 2. The molecule has 1 saturated heterocycles. The summed E-state index contributed by atoms with van der Waals surface area (Å²) in [7, 11) is 1.54. The number of halogens is 3. The molecule has 0 aromatic heterocycles. The minimum atomic E-state index is -0.951. The zero-order valence-corrected chi connectivity index (χ0v) is 21.9. The maximum Gasteiger partial charge on any atom is 0.335 e. The van der Waals surface area contributed by atoms with E-state index in [1.54, 1.807) is 24.3 Å². The Labute approximate surface area is 231 Å². The van der Waals surface area contributed by atoms with Crippen molar-refractivity contribution in [2.75, 3.05) is 23.9 Å². The van der Waals surface area contributed by atoms with Gasteiger partial charge in [0.05, 0.1) is 22.8 Å². The second kappa shape index (κ2) is 11.6. The monoisotopic (exact) mass is 573 g/mol. The van der Waals surface area contributed by atoms with Crippen LogP contribution in [0.25, 0.3) is 6.08 Å². The number of imide groups is 2. The molecule has 0 atom stereocenters. The van der Waals surface area contributed by atoms with Gasteiger partial charge in [-0.3, -0.25) is 19.7 Å². The maximum absolute atomic E-state index is 13.2. The molecule has 3 aromatic carbocycles. The Morgan fingerprint density at radius 1 is 0.974 bits per heavy atom. The number of benzene rings is 3. The van der Waals surface area contributed by atoms with Gasteiger partial charge in [0, 0.05) is 16.3 Å². The molecule has 2 N–H and O–H groups in total. The maximum atomic E-state index is 13.2. The molecule has 0 spiro atoms. The van der Waals surface area contributed by atoms with Crippen molar-refractivity contribution < 1.29 is 28.7 Å². The molecule has 194 valence electrons. The normalized spacial score (nSPS) is 14.4. The summed E-state index contributed by atoms with van der Waals surface area (Å²) in [6, 6.07) is 14.4. The number of hydrogen-bond acceptors (Lipinski definition) is 6. The summed E-state index contributed by atoms with van der Waals surface area (Å²) in [4.78, 5) is 51.4. The van der Waals surface area contributed by atoms with Crippen LogP contribution in [0.4, 0.5) is 16.2 Å². The Hall–Kier alpha value is -4.05. The third-order valence-corrected chi connectivity index (χ3v) is 6.24. The van der Waals surface area contributed by atoms with Gasteiger partial charge in [-0.25, -0.2) is 9.69 Å². The van der Waals surface area contributed by atoms with Gasteiger partial charge >= 0.3 is 6.03 Å². The lowest BCUT2D eigenvalue weighted by Gasteiger charge is -2.26. The van der Waals surface area contributed by atoms with E-state index < -0.39 is 23.8 Å². The number of rotatable bonds is 7. The van der Waals surface area contributed by atoms with Crippen molar-refractivity contribution >= 4 is 76.0 Å². The van der Waals surface area contributed by atoms with Gasteiger partial charge in [-0.05, 0) is 66.7 Å². The number of hydrogen-bond donors (Lipinski definition) is 2. The summed E-state index contributed by atoms with van der Waals surface area (Å²) < 4.78 is 10.7. The SMILES string of the molecule is COc1ccc(NC(=O)COc2ccc(Cl)cc2/C=C2/C(=O)NC(=O)N(c3ccc(Cl)c(Cl)c3)C2=O)cc1. The fourth-order valence-corrected chi connectivity index (χ4v) is 3.92. The van der Waals surface area contributed by atoms with Crippen molar-refractivity contribution in [1.82, 2.24) is 5.32 Å². The highest BCUT2D eigenvalue weighted by atomic mass is 35.5. The minimum absolute atomic E-state index is 0.109. The first kappa shape index (κ1) is 27.0. The number of urea groups is 1. The molecule has 1 aliphatic rings. The summed E-state index contributed by atoms with van der Waals surface area (Å²) >= 11 is 18.1. The lowest BCUT2D eigenvalue weighted by molar-refractivity contribution is -0.122. The van der Waals surface area contributed by atoms with Crippen molar-refractivity contribution in [2.45, 2.75) is 0 Å². The Bertz CT molecular complexity index is 1470. The molecule has 9 nitrogen and oxygen atoms in total. The van der Waals surface area contributed by atoms with Gasteiger partial charge in [0.1, 0.15) is 17.1 Å². The van der Waals surface area contributed by atoms with Crippen LogP contribution in [-0.2, 0) is 14.4 Å². The van der Waals surface area contributed by atoms with E-state index in [0.717, 1.165) is 4.90 Å². The van der Waals surface area contributed by atoms with Crippen LogP contribution in [0.5, 0.6) is 11.5 Å². The van der Waals surface area contributed by atoms with Crippen molar-refractivity contribution in [1.29, 1.82) is 0 Å². The summed E-state index contributed by atoms with van der Waals surface area (Å²) in [5.41, 5.74) is 0.509. The minimum Gasteiger partial charge on any atom is -0.497 e. The van der Waals surface area contributed by atoms with Gasteiger partial charge in [0.15, 0.2) is 6.61 Å². The van der Waals surface area contributed by atoms with E-state index >= 15 is 0 Å². The van der Waals surface area contributed by atoms with Crippen molar-refractivity contribution in [2.24, 2.45) is 0 Å². The van der Waals surface area contributed by atoms with Gasteiger partial charge < -0.3 is 14.8 Å². The van der Waals surface area contributed by atoms with E-state index in [9.17, 15) is 19.2 Å². The number of nitrogens with one attached hydrogen (secondary N) is 2. The molecule has 1 fully saturated rings. The van der Waals surface area contributed by atoms with E-state index in [1.165, 1.54) is 49.6 Å². The van der Waals surface area contributed by atoms with Crippen LogP contribution in [0.3, 0.4) is 0 Å². The fourth-order valence-electron chi connectivity index (χ4n) is 3.45. The molecule has 0 aliphatic carbocycles. The van der Waals surface area contributed by atoms with E-state index in [1.807, 2.05) is 0 Å². The van der Waals surface area contributed by atoms with Gasteiger partial charge in [0.2, 0.25) is 0 Å². The average Bonchev–Trinajstić information content (AvgIpc) is 2.88. The smallest absolute Gasteiger partial charge is 0.335 e. The zero-order chi connectivity index (χ0) is 27.4. The Morgan fingerprint density at radius 3 is 2.39 bits per heavy atom. The number of amides is 5. The van der Waals surface area contributed by atoms with Crippen molar-refractivity contribution in [3.63, 3.8) is 0 Å². The number of carbonyl (C=O) groups excluding carboxylic acids is 4. The highest BCUT2D eigenvalue weighted by Gasteiger charge is 2.37. The lowest BCUT2D eigenvalue weighted by atomic mass is 10.1. The standard InChI is InChI=1S/C26H18Cl3N3O6/c1-37-18-6-3-16(4-7-18)30-23(33)13-38-22-9-2-15(27)10-14(22)11-19-24(34)31-26(36)32(25(19)35)17-5-8-20(28)21(29)12-17/h2-12H,13H2,1H3,(H,30,33)(H,31,34,36)/b19-11-. The largest absolute Gasteiger partial charge is 0.497 e. The van der Waals surface area contributed by atoms with Crippen LogP contribution in [0.2, 0.25) is 15.1 Å². The summed E-state index contributed by atoms with van der Waals surface area (Å²) in [5, 5.41) is 5.43. The first-order chi connectivity index (χ1) is 18.2.